The van der Waals surface area contributed by atoms with Gasteiger partial charge in [0.2, 0.25) is 5.82 Å². The van der Waals surface area contributed by atoms with Crippen LogP contribution >= 0.6 is 0 Å². The van der Waals surface area contributed by atoms with Gasteiger partial charge in [-0.1, -0.05) is 0 Å². The third-order valence-corrected chi connectivity index (χ3v) is 4.10. The number of hydroxylamine groups is 2. The zero-order valence-electron chi connectivity index (χ0n) is 11.3. The molecule has 1 fully saturated rings. The van der Waals surface area contributed by atoms with Crippen molar-refractivity contribution in [3.63, 3.8) is 0 Å². The van der Waals surface area contributed by atoms with E-state index in [0.717, 1.165) is 0 Å². The van der Waals surface area contributed by atoms with Crippen LogP contribution in [0.25, 0.3) is 0 Å². The molecule has 1 heterocycles. The lowest BCUT2D eigenvalue weighted by Gasteiger charge is -2.14. The van der Waals surface area contributed by atoms with Gasteiger partial charge in [0, 0.05) is 0 Å². The fraction of sp³-hybridized carbons (Fsp3) is 0.200. The topological polar surface area (TPSA) is 80.8 Å². The largest absolute Gasteiger partial charge is 0.398 e. The number of carbonyl (C=O) groups excluding carboxylic acids is 2. The Balaban J connectivity index is 2.59. The molecule has 16 heteroatoms. The van der Waals surface area contributed by atoms with E-state index in [2.05, 4.69) is 4.28 Å². The van der Waals surface area contributed by atoms with E-state index < -0.39 is 72.8 Å². The van der Waals surface area contributed by atoms with Crippen molar-refractivity contribution in [2.45, 2.75) is 16.7 Å². The lowest BCUT2D eigenvalue weighted by atomic mass is 10.2. The highest BCUT2D eigenvalue weighted by atomic mass is 32.2. The zero-order valence-corrected chi connectivity index (χ0v) is 12.1. The van der Waals surface area contributed by atoms with E-state index in [1.807, 2.05) is 0 Å². The summed E-state index contributed by atoms with van der Waals surface area (Å²) in [5.41, 5.74) is 0. The van der Waals surface area contributed by atoms with Crippen LogP contribution in [-0.2, 0) is 24.0 Å². The van der Waals surface area contributed by atoms with Crippen molar-refractivity contribution in [2.75, 3.05) is 0 Å². The van der Waals surface area contributed by atoms with Crippen molar-refractivity contribution in [1.29, 1.82) is 0 Å². The zero-order chi connectivity index (χ0) is 20.4. The molecular weight excluding hydrogens is 417 g/mol. The van der Waals surface area contributed by atoms with Crippen LogP contribution in [0.1, 0.15) is 0 Å². The molecule has 0 saturated carbocycles. The van der Waals surface area contributed by atoms with Gasteiger partial charge in [0.05, 0.1) is 0 Å². The minimum absolute atomic E-state index is 1.76. The lowest BCUT2D eigenvalue weighted by Crippen LogP contribution is -2.43. The predicted octanol–water partition coefficient (Wildman–Crippen LogP) is 1.64. The summed E-state index contributed by atoms with van der Waals surface area (Å²) in [5, 5.41) is -1.76. The SMILES string of the molecule is O=C1N(OS(=O)(=O)c2c(F)c(F)c(F)c(F)c2F)C(=O)C(F)(F)C1(F)F. The number of nitrogens with zero attached hydrogens (tertiary/aromatic N) is 1. The Hall–Kier alpha value is -2.36. The van der Waals surface area contributed by atoms with Crippen molar-refractivity contribution in [2.24, 2.45) is 0 Å². The standard InChI is InChI=1S/C10F9NO5S/c11-1-2(12)4(14)6(5(15)3(1)13)26(23,24)25-20-7(21)9(16,17)10(18,19)8(20)22. The predicted molar refractivity (Wildman–Crippen MR) is 56.2 cm³/mol. The number of carbonyl (C=O) groups is 2. The lowest BCUT2D eigenvalue weighted by molar-refractivity contribution is -0.192. The molecule has 1 aromatic carbocycles. The summed E-state index contributed by atoms with van der Waals surface area (Å²) in [4.78, 5) is 19.2. The summed E-state index contributed by atoms with van der Waals surface area (Å²) in [5.74, 6) is -32.7. The van der Waals surface area contributed by atoms with Gasteiger partial charge in [-0.05, 0) is 0 Å². The van der Waals surface area contributed by atoms with Crippen LogP contribution in [0.15, 0.2) is 4.90 Å². The molecule has 144 valence electrons. The number of hydrogen-bond donors (Lipinski definition) is 0. The van der Waals surface area contributed by atoms with Gasteiger partial charge in [-0.3, -0.25) is 9.59 Å². The van der Waals surface area contributed by atoms with Crippen LogP contribution in [0.3, 0.4) is 0 Å². The molecule has 26 heavy (non-hydrogen) atoms. The maximum atomic E-state index is 13.4. The van der Waals surface area contributed by atoms with Gasteiger partial charge in [-0.25, -0.2) is 22.0 Å². The summed E-state index contributed by atoms with van der Waals surface area (Å²) in [6.07, 6.45) is 0. The molecule has 0 aromatic heterocycles. The molecule has 0 spiro atoms. The van der Waals surface area contributed by atoms with Crippen LogP contribution < -0.4 is 0 Å². The molecule has 1 aliphatic heterocycles. The molecule has 0 atom stereocenters. The van der Waals surface area contributed by atoms with Crippen LogP contribution in [0.4, 0.5) is 39.5 Å². The second kappa shape index (κ2) is 5.57. The quantitative estimate of drug-likeness (QED) is 0.324. The van der Waals surface area contributed by atoms with Crippen molar-refractivity contribution in [1.82, 2.24) is 5.06 Å². The Kier molecular flexibility index (Phi) is 4.27. The number of hydrogen-bond acceptors (Lipinski definition) is 5. The number of alkyl halides is 4. The first kappa shape index (κ1) is 20.0. The second-order valence-corrected chi connectivity index (χ2v) is 5.95. The van der Waals surface area contributed by atoms with Crippen molar-refractivity contribution >= 4 is 21.9 Å². The van der Waals surface area contributed by atoms with Gasteiger partial charge >= 0.3 is 33.8 Å². The Morgan fingerprint density at radius 3 is 1.35 bits per heavy atom. The Morgan fingerprint density at radius 1 is 0.692 bits per heavy atom. The van der Waals surface area contributed by atoms with Gasteiger partial charge in [-0.15, -0.1) is 9.35 Å². The van der Waals surface area contributed by atoms with Crippen LogP contribution in [-0.4, -0.2) is 37.1 Å². The highest BCUT2D eigenvalue weighted by Gasteiger charge is 2.77. The van der Waals surface area contributed by atoms with Gasteiger partial charge in [0.1, 0.15) is 0 Å². The third-order valence-electron chi connectivity index (χ3n) is 2.89. The van der Waals surface area contributed by atoms with E-state index in [9.17, 15) is 57.5 Å². The molecule has 2 amide bonds. The molecule has 0 aliphatic carbocycles. The second-order valence-electron chi connectivity index (χ2n) is 4.48. The Morgan fingerprint density at radius 2 is 1.00 bits per heavy atom. The van der Waals surface area contributed by atoms with E-state index >= 15 is 0 Å². The van der Waals surface area contributed by atoms with Crippen molar-refractivity contribution < 1.29 is 61.8 Å². The fourth-order valence-corrected chi connectivity index (χ4v) is 2.65. The number of benzene rings is 1. The fourth-order valence-electron chi connectivity index (χ4n) is 1.62. The van der Waals surface area contributed by atoms with E-state index in [0.29, 0.717) is 0 Å². The van der Waals surface area contributed by atoms with Gasteiger partial charge in [0.25, 0.3) is 0 Å². The number of halogens is 9. The molecule has 0 N–H and O–H groups in total. The van der Waals surface area contributed by atoms with E-state index in [-0.39, 0.29) is 0 Å². The highest BCUT2D eigenvalue weighted by Crippen LogP contribution is 2.44. The number of imide groups is 1. The minimum Gasteiger partial charge on any atom is -0.265 e. The summed E-state index contributed by atoms with van der Waals surface area (Å²) < 4.78 is 144. The molecule has 0 radical (unpaired) electrons. The van der Waals surface area contributed by atoms with Crippen molar-refractivity contribution in [3.05, 3.63) is 29.1 Å². The monoisotopic (exact) mass is 417 g/mol. The number of rotatable bonds is 3. The number of amides is 2. The average Bonchev–Trinajstić information content (AvgIpc) is 2.63. The first-order valence-corrected chi connectivity index (χ1v) is 7.10. The molecule has 1 aliphatic rings. The molecule has 6 nitrogen and oxygen atoms in total. The normalized spacial score (nSPS) is 19.3. The summed E-state index contributed by atoms with van der Waals surface area (Å²) >= 11 is 0. The van der Waals surface area contributed by atoms with Gasteiger partial charge in [-0.2, -0.15) is 26.0 Å². The van der Waals surface area contributed by atoms with Gasteiger partial charge < -0.3 is 0 Å². The average molecular weight is 417 g/mol. The smallest absolute Gasteiger partial charge is 0.265 e. The molecule has 1 saturated heterocycles. The molecule has 0 bridgehead atoms. The van der Waals surface area contributed by atoms with Crippen molar-refractivity contribution in [3.8, 4) is 0 Å². The maximum absolute atomic E-state index is 13.4. The van der Waals surface area contributed by atoms with E-state index in [1.165, 1.54) is 0 Å². The first-order valence-electron chi connectivity index (χ1n) is 5.69. The Bertz CT molecular complexity index is 890. The third kappa shape index (κ3) is 2.43. The summed E-state index contributed by atoms with van der Waals surface area (Å²) in [7, 11) is -6.41. The summed E-state index contributed by atoms with van der Waals surface area (Å²) in [6.45, 7) is 0. The van der Waals surface area contributed by atoms with E-state index in [1.54, 1.807) is 0 Å². The van der Waals surface area contributed by atoms with Crippen LogP contribution in [0.5, 0.6) is 0 Å². The molecular formula is C10F9NO5S. The molecule has 2 rings (SSSR count). The van der Waals surface area contributed by atoms with Crippen LogP contribution in [0, 0.1) is 29.1 Å². The van der Waals surface area contributed by atoms with Crippen LogP contribution in [0.2, 0.25) is 0 Å². The van der Waals surface area contributed by atoms with Gasteiger partial charge in [0.15, 0.2) is 28.2 Å². The Labute approximate surface area is 135 Å². The first-order chi connectivity index (χ1) is 11.6. The maximum Gasteiger partial charge on any atom is 0.398 e. The molecule has 1 aromatic rings. The minimum atomic E-state index is -6.41. The highest BCUT2D eigenvalue weighted by molar-refractivity contribution is 7.86. The summed E-state index contributed by atoms with van der Waals surface area (Å²) in [6, 6.07) is 0. The van der Waals surface area contributed by atoms with E-state index in [4.69, 9.17) is 0 Å². The molecule has 0 unspecified atom stereocenters.